The molecular formula is C20H37N5O2. The third-order valence-corrected chi connectivity index (χ3v) is 4.81. The maximum atomic E-state index is 5.85. The zero-order valence-electron chi connectivity index (χ0n) is 17.6. The highest BCUT2D eigenvalue weighted by Gasteiger charge is 2.23. The quantitative estimate of drug-likeness (QED) is 0.380. The number of unbranched alkanes of at least 4 members (excludes halogenated alkanes) is 2. The van der Waals surface area contributed by atoms with Crippen molar-refractivity contribution in [3.8, 4) is 0 Å². The van der Waals surface area contributed by atoms with Gasteiger partial charge in [-0.2, -0.15) is 15.0 Å². The molecule has 0 unspecified atom stereocenters. The Hall–Kier alpha value is -1.47. The van der Waals surface area contributed by atoms with Gasteiger partial charge in [0.1, 0.15) is 19.3 Å². The molecule has 0 aliphatic heterocycles. The van der Waals surface area contributed by atoms with Crippen molar-refractivity contribution in [2.45, 2.75) is 71.1 Å². The minimum atomic E-state index is 0.438. The third kappa shape index (κ3) is 7.22. The highest BCUT2D eigenvalue weighted by Crippen LogP contribution is 2.33. The summed E-state index contributed by atoms with van der Waals surface area (Å²) in [5, 5.41) is 0. The summed E-state index contributed by atoms with van der Waals surface area (Å²) in [6.07, 6.45) is 9.19. The van der Waals surface area contributed by atoms with Gasteiger partial charge in [-0.25, -0.2) is 0 Å². The number of hydrogen-bond acceptors (Lipinski definition) is 7. The molecule has 0 N–H and O–H groups in total. The van der Waals surface area contributed by atoms with Gasteiger partial charge in [0.2, 0.25) is 11.9 Å². The Bertz CT molecular complexity index is 523. The van der Waals surface area contributed by atoms with Crippen LogP contribution >= 0.6 is 0 Å². The fraction of sp³-hybridized carbons (Fsp3) is 0.850. The lowest BCUT2D eigenvalue weighted by molar-refractivity contribution is 0.0811. The van der Waals surface area contributed by atoms with Gasteiger partial charge in [-0.05, 0) is 25.7 Å². The Labute approximate surface area is 164 Å². The van der Waals surface area contributed by atoms with Gasteiger partial charge >= 0.3 is 0 Å². The number of aromatic nitrogens is 3. The molecule has 7 nitrogen and oxygen atoms in total. The van der Waals surface area contributed by atoms with Crippen LogP contribution in [0.2, 0.25) is 0 Å². The molecule has 1 saturated carbocycles. The van der Waals surface area contributed by atoms with Gasteiger partial charge in [-0.1, -0.05) is 39.5 Å². The van der Waals surface area contributed by atoms with Gasteiger partial charge in [0.15, 0.2) is 0 Å². The van der Waals surface area contributed by atoms with Crippen molar-refractivity contribution >= 4 is 11.9 Å². The average Bonchev–Trinajstić information content (AvgIpc) is 3.21. The van der Waals surface area contributed by atoms with E-state index in [-0.39, 0.29) is 0 Å². The molecule has 1 aliphatic rings. The van der Waals surface area contributed by atoms with E-state index in [1.807, 2.05) is 23.9 Å². The van der Waals surface area contributed by atoms with Crippen LogP contribution in [0.15, 0.2) is 0 Å². The summed E-state index contributed by atoms with van der Waals surface area (Å²) in [5.41, 5.74) is 0. The lowest BCUT2D eigenvalue weighted by Crippen LogP contribution is -2.32. The molecule has 1 fully saturated rings. The Morgan fingerprint density at radius 2 is 1.41 bits per heavy atom. The molecule has 1 aliphatic carbocycles. The van der Waals surface area contributed by atoms with Crippen LogP contribution in [-0.4, -0.2) is 55.7 Å². The molecule has 0 saturated heterocycles. The van der Waals surface area contributed by atoms with E-state index in [0.29, 0.717) is 31.3 Å². The number of rotatable bonds is 13. The molecule has 1 aromatic heterocycles. The number of hydrogen-bond donors (Lipinski definition) is 0. The highest BCUT2D eigenvalue weighted by molar-refractivity contribution is 5.38. The molecule has 0 amide bonds. The Morgan fingerprint density at radius 1 is 0.852 bits per heavy atom. The largest absolute Gasteiger partial charge is 0.361 e. The van der Waals surface area contributed by atoms with Crippen LogP contribution in [0, 0.1) is 0 Å². The third-order valence-electron chi connectivity index (χ3n) is 4.81. The van der Waals surface area contributed by atoms with Crippen molar-refractivity contribution in [2.24, 2.45) is 0 Å². The van der Waals surface area contributed by atoms with E-state index in [2.05, 4.69) is 18.8 Å². The number of nitrogens with zero attached hydrogens (tertiary/aromatic N) is 5. The van der Waals surface area contributed by atoms with Crippen LogP contribution in [0.3, 0.4) is 0 Å². The lowest BCUT2D eigenvalue weighted by atomic mass is 10.1. The molecule has 0 bridgehead atoms. The van der Waals surface area contributed by atoms with E-state index in [1.165, 1.54) is 12.8 Å². The Morgan fingerprint density at radius 3 is 1.93 bits per heavy atom. The van der Waals surface area contributed by atoms with Gasteiger partial charge in [0.25, 0.3) is 0 Å². The molecule has 0 atom stereocenters. The summed E-state index contributed by atoms with van der Waals surface area (Å²) < 4.78 is 11.7. The smallest absolute Gasteiger partial charge is 0.234 e. The topological polar surface area (TPSA) is 63.6 Å². The van der Waals surface area contributed by atoms with Gasteiger partial charge in [-0.3, -0.25) is 4.90 Å². The monoisotopic (exact) mass is 379 g/mol. The van der Waals surface area contributed by atoms with Crippen LogP contribution in [0.1, 0.15) is 77.0 Å². The van der Waals surface area contributed by atoms with E-state index in [9.17, 15) is 0 Å². The molecule has 0 spiro atoms. The maximum absolute atomic E-state index is 5.85. The van der Waals surface area contributed by atoms with E-state index < -0.39 is 0 Å². The Balaban J connectivity index is 2.16. The van der Waals surface area contributed by atoms with Gasteiger partial charge in [0, 0.05) is 33.2 Å². The number of anilines is 2. The molecular weight excluding hydrogens is 342 g/mol. The molecule has 27 heavy (non-hydrogen) atoms. The lowest BCUT2D eigenvalue weighted by Gasteiger charge is -2.24. The van der Waals surface area contributed by atoms with Gasteiger partial charge < -0.3 is 14.4 Å². The second kappa shape index (κ2) is 12.1. The first-order valence-corrected chi connectivity index (χ1v) is 10.5. The standard InChI is InChI=1S/C20H37N5O2/c1-5-7-13-26-15-25(16-27-14-8-6-2)20-22-18(17-11-9-10-12-17)21-19(23-20)24(3)4/h17H,5-16H2,1-4H3. The summed E-state index contributed by atoms with van der Waals surface area (Å²) in [4.78, 5) is 18.1. The van der Waals surface area contributed by atoms with Crippen molar-refractivity contribution in [1.82, 2.24) is 15.0 Å². The first-order valence-electron chi connectivity index (χ1n) is 10.5. The SMILES string of the molecule is CCCCOCN(COCCCC)c1nc(C2CCCC2)nc(N(C)C)n1. The predicted octanol–water partition coefficient (Wildman–Crippen LogP) is 3.95. The van der Waals surface area contributed by atoms with Crippen molar-refractivity contribution in [3.05, 3.63) is 5.82 Å². The summed E-state index contributed by atoms with van der Waals surface area (Å²) in [5.74, 6) is 2.71. The normalized spacial score (nSPS) is 14.7. The molecule has 1 aromatic rings. The predicted molar refractivity (Wildman–Crippen MR) is 109 cm³/mol. The number of ether oxygens (including phenoxy) is 2. The molecule has 0 aromatic carbocycles. The molecule has 2 rings (SSSR count). The molecule has 154 valence electrons. The average molecular weight is 380 g/mol. The summed E-state index contributed by atoms with van der Waals surface area (Å²) in [6, 6.07) is 0. The van der Waals surface area contributed by atoms with Crippen LogP contribution < -0.4 is 9.80 Å². The van der Waals surface area contributed by atoms with Gasteiger partial charge in [0.05, 0.1) is 0 Å². The second-order valence-electron chi connectivity index (χ2n) is 7.49. The zero-order valence-corrected chi connectivity index (χ0v) is 17.6. The first kappa shape index (κ1) is 21.8. The van der Waals surface area contributed by atoms with Crippen LogP contribution in [-0.2, 0) is 9.47 Å². The second-order valence-corrected chi connectivity index (χ2v) is 7.49. The van der Waals surface area contributed by atoms with Crippen molar-refractivity contribution < 1.29 is 9.47 Å². The molecule has 1 heterocycles. The Kier molecular flexibility index (Phi) is 9.77. The van der Waals surface area contributed by atoms with Crippen LogP contribution in [0.5, 0.6) is 0 Å². The summed E-state index contributed by atoms with van der Waals surface area (Å²) >= 11 is 0. The molecule has 0 radical (unpaired) electrons. The zero-order chi connectivity index (χ0) is 19.5. The van der Waals surface area contributed by atoms with E-state index in [1.54, 1.807) is 0 Å². The van der Waals surface area contributed by atoms with Crippen molar-refractivity contribution in [3.63, 3.8) is 0 Å². The van der Waals surface area contributed by atoms with E-state index in [4.69, 9.17) is 19.4 Å². The fourth-order valence-corrected chi connectivity index (χ4v) is 3.07. The van der Waals surface area contributed by atoms with Crippen molar-refractivity contribution in [2.75, 3.05) is 50.6 Å². The van der Waals surface area contributed by atoms with Crippen molar-refractivity contribution in [1.29, 1.82) is 0 Å². The minimum Gasteiger partial charge on any atom is -0.361 e. The van der Waals surface area contributed by atoms with E-state index >= 15 is 0 Å². The van der Waals surface area contributed by atoms with E-state index in [0.717, 1.165) is 57.6 Å². The maximum Gasteiger partial charge on any atom is 0.234 e. The summed E-state index contributed by atoms with van der Waals surface area (Å²) in [7, 11) is 3.94. The van der Waals surface area contributed by atoms with Crippen LogP contribution in [0.4, 0.5) is 11.9 Å². The summed E-state index contributed by atoms with van der Waals surface area (Å²) in [6.45, 7) is 6.68. The minimum absolute atomic E-state index is 0.438. The molecule has 7 heteroatoms. The fourth-order valence-electron chi connectivity index (χ4n) is 3.07. The highest BCUT2D eigenvalue weighted by atomic mass is 16.5. The van der Waals surface area contributed by atoms with Crippen LogP contribution in [0.25, 0.3) is 0 Å². The van der Waals surface area contributed by atoms with Gasteiger partial charge in [-0.15, -0.1) is 0 Å². The first-order chi connectivity index (χ1) is 13.2.